The molecule has 0 amide bonds. The molecule has 3 nitrogen and oxygen atoms in total. The van der Waals surface area contributed by atoms with Gasteiger partial charge in [-0.25, -0.2) is 0 Å². The van der Waals surface area contributed by atoms with Crippen molar-refractivity contribution in [2.75, 3.05) is 0 Å². The lowest BCUT2D eigenvalue weighted by molar-refractivity contribution is -0.136. The Morgan fingerprint density at radius 3 is 1.84 bits per heavy atom. The zero-order valence-electron chi connectivity index (χ0n) is 10.3. The smallest absolute Gasteiger partial charge is 0.307 e. The number of carboxylic acids is 1. The Labute approximate surface area is 111 Å². The van der Waals surface area contributed by atoms with Crippen molar-refractivity contribution in [1.82, 2.24) is 0 Å². The molecule has 0 aliphatic rings. The van der Waals surface area contributed by atoms with Crippen LogP contribution in [0.4, 0.5) is 0 Å². The van der Waals surface area contributed by atoms with Gasteiger partial charge in [-0.15, -0.1) is 0 Å². The van der Waals surface area contributed by atoms with Crippen LogP contribution in [0.25, 0.3) is 12.2 Å². The summed E-state index contributed by atoms with van der Waals surface area (Å²) in [5.41, 5.74) is 2.78. The van der Waals surface area contributed by atoms with E-state index in [2.05, 4.69) is 0 Å². The number of hydrogen-bond donors (Lipinski definition) is 2. The van der Waals surface area contributed by atoms with Gasteiger partial charge in [0.15, 0.2) is 0 Å². The van der Waals surface area contributed by atoms with E-state index >= 15 is 0 Å². The number of aromatic hydroxyl groups is 1. The Hall–Kier alpha value is -2.55. The minimum absolute atomic E-state index is 0.0436. The highest BCUT2D eigenvalue weighted by atomic mass is 16.4. The Kier molecular flexibility index (Phi) is 3.98. The van der Waals surface area contributed by atoms with E-state index < -0.39 is 5.97 Å². The molecule has 2 aromatic carbocycles. The van der Waals surface area contributed by atoms with Crippen molar-refractivity contribution >= 4 is 18.1 Å². The molecule has 96 valence electrons. The van der Waals surface area contributed by atoms with Gasteiger partial charge in [0.05, 0.1) is 6.42 Å². The molecule has 2 N–H and O–H groups in total. The van der Waals surface area contributed by atoms with Crippen LogP contribution in [0.15, 0.2) is 48.5 Å². The molecule has 0 spiro atoms. The zero-order valence-corrected chi connectivity index (χ0v) is 10.3. The second-order valence-electron chi connectivity index (χ2n) is 4.24. The van der Waals surface area contributed by atoms with Crippen LogP contribution in [0, 0.1) is 0 Å². The number of aliphatic carboxylic acids is 1. The number of phenols is 1. The van der Waals surface area contributed by atoms with Crippen molar-refractivity contribution in [2.24, 2.45) is 0 Å². The molecule has 0 aliphatic carbocycles. The summed E-state index contributed by atoms with van der Waals surface area (Å²) in [6, 6.07) is 14.3. The first-order valence-corrected chi connectivity index (χ1v) is 5.91. The minimum atomic E-state index is -0.826. The number of carbonyl (C=O) groups is 1. The Morgan fingerprint density at radius 2 is 1.37 bits per heavy atom. The first-order chi connectivity index (χ1) is 9.13. The molecular weight excluding hydrogens is 240 g/mol. The standard InChI is InChI=1S/C16H14O3/c17-15-9-7-13(8-10-15)2-1-12-3-5-14(6-4-12)11-16(18)19/h1-10,17H,11H2,(H,18,19)/b2-1+. The van der Waals surface area contributed by atoms with E-state index in [0.29, 0.717) is 0 Å². The van der Waals surface area contributed by atoms with E-state index in [0.717, 1.165) is 16.7 Å². The molecular formula is C16H14O3. The van der Waals surface area contributed by atoms with Crippen LogP contribution in [-0.4, -0.2) is 16.2 Å². The molecule has 2 aromatic rings. The molecule has 0 radical (unpaired) electrons. The van der Waals surface area contributed by atoms with Crippen molar-refractivity contribution in [2.45, 2.75) is 6.42 Å². The summed E-state index contributed by atoms with van der Waals surface area (Å²) in [5, 5.41) is 17.8. The average Bonchev–Trinajstić information content (AvgIpc) is 2.39. The van der Waals surface area contributed by atoms with Crippen LogP contribution in [0.1, 0.15) is 16.7 Å². The van der Waals surface area contributed by atoms with Crippen LogP contribution in [0.5, 0.6) is 5.75 Å². The first kappa shape index (κ1) is 12.9. The fourth-order valence-corrected chi connectivity index (χ4v) is 1.70. The normalized spacial score (nSPS) is 10.7. The van der Waals surface area contributed by atoms with E-state index in [1.54, 1.807) is 12.1 Å². The van der Waals surface area contributed by atoms with E-state index in [4.69, 9.17) is 5.11 Å². The minimum Gasteiger partial charge on any atom is -0.508 e. The molecule has 3 heteroatoms. The predicted octanol–water partition coefficient (Wildman–Crippen LogP) is 3.19. The van der Waals surface area contributed by atoms with Crippen LogP contribution in [-0.2, 0) is 11.2 Å². The second-order valence-corrected chi connectivity index (χ2v) is 4.24. The van der Waals surface area contributed by atoms with Crippen molar-refractivity contribution in [3.05, 3.63) is 65.2 Å². The number of rotatable bonds is 4. The molecule has 2 rings (SSSR count). The third-order valence-corrected chi connectivity index (χ3v) is 2.70. The highest BCUT2D eigenvalue weighted by Crippen LogP contribution is 2.13. The summed E-state index contributed by atoms with van der Waals surface area (Å²) in [6.07, 6.45) is 3.92. The van der Waals surface area contributed by atoms with Crippen LogP contribution < -0.4 is 0 Å². The van der Waals surface area contributed by atoms with Gasteiger partial charge in [0.1, 0.15) is 5.75 Å². The topological polar surface area (TPSA) is 57.5 Å². The molecule has 0 heterocycles. The number of phenolic OH excluding ortho intramolecular Hbond substituents is 1. The van der Waals surface area contributed by atoms with Gasteiger partial charge < -0.3 is 10.2 Å². The summed E-state index contributed by atoms with van der Waals surface area (Å²) in [7, 11) is 0. The van der Waals surface area contributed by atoms with E-state index in [-0.39, 0.29) is 12.2 Å². The summed E-state index contributed by atoms with van der Waals surface area (Å²) in [5.74, 6) is -0.581. The lowest BCUT2D eigenvalue weighted by atomic mass is 10.1. The second kappa shape index (κ2) is 5.87. The van der Waals surface area contributed by atoms with Crippen LogP contribution in [0.3, 0.4) is 0 Å². The van der Waals surface area contributed by atoms with E-state index in [1.807, 2.05) is 48.6 Å². The molecule has 0 aromatic heterocycles. The van der Waals surface area contributed by atoms with Gasteiger partial charge in [-0.05, 0) is 28.8 Å². The quantitative estimate of drug-likeness (QED) is 0.824. The molecule has 0 saturated carbocycles. The fourth-order valence-electron chi connectivity index (χ4n) is 1.70. The van der Waals surface area contributed by atoms with Crippen LogP contribution in [0.2, 0.25) is 0 Å². The molecule has 0 fully saturated rings. The maximum atomic E-state index is 10.6. The number of carboxylic acid groups (broad SMARTS) is 1. The fraction of sp³-hybridized carbons (Fsp3) is 0.0625. The zero-order chi connectivity index (χ0) is 13.7. The molecule has 0 atom stereocenters. The third-order valence-electron chi connectivity index (χ3n) is 2.70. The number of benzene rings is 2. The highest BCUT2D eigenvalue weighted by Gasteiger charge is 1.99. The Bertz CT molecular complexity index is 580. The summed E-state index contributed by atoms with van der Waals surface area (Å²) >= 11 is 0. The third kappa shape index (κ3) is 4.00. The maximum Gasteiger partial charge on any atom is 0.307 e. The van der Waals surface area contributed by atoms with Gasteiger partial charge in [0.2, 0.25) is 0 Å². The van der Waals surface area contributed by atoms with E-state index in [1.165, 1.54) is 0 Å². The van der Waals surface area contributed by atoms with Gasteiger partial charge in [0.25, 0.3) is 0 Å². The van der Waals surface area contributed by atoms with Crippen molar-refractivity contribution in [3.63, 3.8) is 0 Å². The monoisotopic (exact) mass is 254 g/mol. The lowest BCUT2D eigenvalue weighted by Gasteiger charge is -1.98. The van der Waals surface area contributed by atoms with Gasteiger partial charge >= 0.3 is 5.97 Å². The van der Waals surface area contributed by atoms with Gasteiger partial charge in [0, 0.05) is 0 Å². The molecule has 0 bridgehead atoms. The number of hydrogen-bond acceptors (Lipinski definition) is 2. The largest absolute Gasteiger partial charge is 0.508 e. The van der Waals surface area contributed by atoms with Gasteiger partial charge in [-0.1, -0.05) is 48.6 Å². The Balaban J connectivity index is 2.06. The highest BCUT2D eigenvalue weighted by molar-refractivity contribution is 5.72. The van der Waals surface area contributed by atoms with Crippen molar-refractivity contribution in [1.29, 1.82) is 0 Å². The SMILES string of the molecule is O=C(O)Cc1ccc(/C=C/c2ccc(O)cc2)cc1. The van der Waals surface area contributed by atoms with Gasteiger partial charge in [-0.2, -0.15) is 0 Å². The molecule has 0 saturated heterocycles. The van der Waals surface area contributed by atoms with E-state index in [9.17, 15) is 9.90 Å². The summed E-state index contributed by atoms with van der Waals surface area (Å²) in [4.78, 5) is 10.6. The Morgan fingerprint density at radius 1 is 0.895 bits per heavy atom. The molecule has 0 aliphatic heterocycles. The van der Waals surface area contributed by atoms with Crippen molar-refractivity contribution in [3.8, 4) is 5.75 Å². The summed E-state index contributed by atoms with van der Waals surface area (Å²) in [6.45, 7) is 0. The molecule has 0 unspecified atom stereocenters. The maximum absolute atomic E-state index is 10.6. The first-order valence-electron chi connectivity index (χ1n) is 5.91. The van der Waals surface area contributed by atoms with Gasteiger partial charge in [-0.3, -0.25) is 4.79 Å². The van der Waals surface area contributed by atoms with Crippen molar-refractivity contribution < 1.29 is 15.0 Å². The lowest BCUT2D eigenvalue weighted by Crippen LogP contribution is -1.99. The van der Waals surface area contributed by atoms with Crippen LogP contribution >= 0.6 is 0 Å². The molecule has 19 heavy (non-hydrogen) atoms. The average molecular weight is 254 g/mol. The predicted molar refractivity (Wildman–Crippen MR) is 74.8 cm³/mol. The summed E-state index contributed by atoms with van der Waals surface area (Å²) < 4.78 is 0.